The van der Waals surface area contributed by atoms with Crippen LogP contribution in [0.1, 0.15) is 47.7 Å². The van der Waals surface area contributed by atoms with Gasteiger partial charge in [0, 0.05) is 29.8 Å². The molecule has 208 valence electrons. The minimum absolute atomic E-state index is 0. The first-order valence-electron chi connectivity index (χ1n) is 14.0. The number of fused-ring (bicyclic) bond motifs is 5. The van der Waals surface area contributed by atoms with Gasteiger partial charge in [0.15, 0.2) is 0 Å². The van der Waals surface area contributed by atoms with E-state index in [4.69, 9.17) is 14.5 Å². The standard InChI is InChI=1S/C36H27N3O2.Pt/c1-36(2)28-14-5-6-15-30(28)39(33-16-7-8-19-37-33)31-22-26(17-18-29(31)36)40-25-12-9-11-24(20-25)35-38-34-27-13-4-3-10-23(27)21-32(34)41-35;/h3-19,32,34H,21H2,1-2H3;/q-2;+2/t32-,34+;/m1./s1. The quantitative estimate of drug-likeness (QED) is 0.176. The summed E-state index contributed by atoms with van der Waals surface area (Å²) in [5.74, 6) is 2.65. The fourth-order valence-corrected chi connectivity index (χ4v) is 6.37. The van der Waals surface area contributed by atoms with Gasteiger partial charge in [-0.2, -0.15) is 6.07 Å². The molecule has 4 aromatic carbocycles. The van der Waals surface area contributed by atoms with E-state index >= 15 is 0 Å². The number of benzene rings is 4. The molecule has 5 aromatic rings. The normalized spacial score (nSPS) is 18.9. The van der Waals surface area contributed by atoms with Crippen molar-refractivity contribution in [1.29, 1.82) is 0 Å². The molecule has 0 amide bonds. The van der Waals surface area contributed by atoms with Crippen molar-refractivity contribution < 1.29 is 30.5 Å². The molecule has 42 heavy (non-hydrogen) atoms. The first-order chi connectivity index (χ1) is 20.1. The van der Waals surface area contributed by atoms with Crippen molar-refractivity contribution in [2.45, 2.75) is 37.8 Å². The molecule has 0 saturated heterocycles. The van der Waals surface area contributed by atoms with Crippen LogP contribution in [0, 0.1) is 12.1 Å². The van der Waals surface area contributed by atoms with Crippen molar-refractivity contribution in [3.05, 3.63) is 143 Å². The van der Waals surface area contributed by atoms with Crippen molar-refractivity contribution in [2.24, 2.45) is 4.99 Å². The Morgan fingerprint density at radius 1 is 0.833 bits per heavy atom. The molecule has 1 aromatic heterocycles. The van der Waals surface area contributed by atoms with Gasteiger partial charge in [0.2, 0.25) is 0 Å². The summed E-state index contributed by atoms with van der Waals surface area (Å²) in [6.07, 6.45) is 2.73. The summed E-state index contributed by atoms with van der Waals surface area (Å²) in [4.78, 5) is 11.8. The molecule has 6 heteroatoms. The van der Waals surface area contributed by atoms with Crippen molar-refractivity contribution in [3.8, 4) is 11.5 Å². The molecule has 0 radical (unpaired) electrons. The summed E-state index contributed by atoms with van der Waals surface area (Å²) in [6.45, 7) is 4.50. The predicted octanol–water partition coefficient (Wildman–Crippen LogP) is 8.02. The monoisotopic (exact) mass is 728 g/mol. The van der Waals surface area contributed by atoms with E-state index in [1.54, 1.807) is 0 Å². The first-order valence-corrected chi connectivity index (χ1v) is 14.0. The Kier molecular flexibility index (Phi) is 6.51. The molecular formula is C36H27N3O2Pt. The Hall–Kier alpha value is -4.21. The molecule has 2 atom stereocenters. The van der Waals surface area contributed by atoms with Gasteiger partial charge < -0.3 is 14.4 Å². The van der Waals surface area contributed by atoms with Gasteiger partial charge >= 0.3 is 21.1 Å². The van der Waals surface area contributed by atoms with Gasteiger partial charge in [-0.3, -0.25) is 4.99 Å². The minimum Gasteiger partial charge on any atom is -0.514 e. The van der Waals surface area contributed by atoms with Gasteiger partial charge in [-0.05, 0) is 40.3 Å². The van der Waals surface area contributed by atoms with Crippen LogP contribution in [0.25, 0.3) is 0 Å². The zero-order valence-corrected chi connectivity index (χ0v) is 25.4. The van der Waals surface area contributed by atoms with Gasteiger partial charge in [0.05, 0.1) is 0 Å². The number of para-hydroxylation sites is 1. The first kappa shape index (κ1) is 26.7. The van der Waals surface area contributed by atoms with Crippen LogP contribution in [0.3, 0.4) is 0 Å². The molecule has 0 spiro atoms. The number of hydrogen-bond donors (Lipinski definition) is 0. The number of pyridine rings is 1. The Balaban J connectivity index is 0.00000288. The third-order valence-corrected chi connectivity index (χ3v) is 8.38. The van der Waals surface area contributed by atoms with Gasteiger partial charge in [0.1, 0.15) is 23.9 Å². The van der Waals surface area contributed by atoms with Crippen LogP contribution in [0.2, 0.25) is 0 Å². The van der Waals surface area contributed by atoms with E-state index < -0.39 is 0 Å². The second-order valence-corrected chi connectivity index (χ2v) is 11.2. The van der Waals surface area contributed by atoms with Crippen LogP contribution in [0.4, 0.5) is 17.2 Å². The van der Waals surface area contributed by atoms with E-state index in [0.29, 0.717) is 17.4 Å². The molecule has 0 unspecified atom stereocenters. The topological polar surface area (TPSA) is 47.0 Å². The summed E-state index contributed by atoms with van der Waals surface area (Å²) < 4.78 is 12.7. The minimum atomic E-state index is -0.215. The van der Waals surface area contributed by atoms with Gasteiger partial charge in [-0.25, -0.2) is 4.98 Å². The van der Waals surface area contributed by atoms with Crippen molar-refractivity contribution in [3.63, 3.8) is 0 Å². The molecule has 2 aliphatic heterocycles. The van der Waals surface area contributed by atoms with Crippen molar-refractivity contribution >= 4 is 23.1 Å². The van der Waals surface area contributed by atoms with Crippen LogP contribution in [0.15, 0.2) is 108 Å². The summed E-state index contributed by atoms with van der Waals surface area (Å²) >= 11 is 0. The van der Waals surface area contributed by atoms with E-state index in [-0.39, 0.29) is 38.6 Å². The Morgan fingerprint density at radius 2 is 1.64 bits per heavy atom. The average molecular weight is 729 g/mol. The molecule has 0 bridgehead atoms. The van der Waals surface area contributed by atoms with E-state index in [1.165, 1.54) is 16.7 Å². The number of rotatable bonds is 4. The zero-order valence-electron chi connectivity index (χ0n) is 23.2. The summed E-state index contributed by atoms with van der Waals surface area (Å²) in [7, 11) is 0. The molecule has 1 aliphatic carbocycles. The number of ether oxygens (including phenoxy) is 2. The van der Waals surface area contributed by atoms with Crippen LogP contribution in [-0.4, -0.2) is 17.0 Å². The number of aliphatic imine (C=N–C) groups is 1. The zero-order chi connectivity index (χ0) is 27.6. The number of hydrogen-bond acceptors (Lipinski definition) is 5. The number of anilines is 3. The Labute approximate surface area is 260 Å². The second-order valence-electron chi connectivity index (χ2n) is 11.2. The maximum absolute atomic E-state index is 6.37. The largest absolute Gasteiger partial charge is 2.00 e. The Bertz CT molecular complexity index is 1840. The van der Waals surface area contributed by atoms with Gasteiger partial charge in [-0.1, -0.05) is 79.7 Å². The molecule has 0 N–H and O–H groups in total. The smallest absolute Gasteiger partial charge is 0.514 e. The summed E-state index contributed by atoms with van der Waals surface area (Å²) in [6, 6.07) is 39.8. The van der Waals surface area contributed by atoms with Crippen LogP contribution < -0.4 is 9.64 Å². The average Bonchev–Trinajstić information content (AvgIpc) is 3.57. The second kappa shape index (κ2) is 10.3. The maximum Gasteiger partial charge on any atom is 2.00 e. The number of nitrogens with zero attached hydrogens (tertiary/aromatic N) is 3. The molecule has 5 nitrogen and oxygen atoms in total. The maximum atomic E-state index is 6.37. The third-order valence-electron chi connectivity index (χ3n) is 8.38. The summed E-state index contributed by atoms with van der Waals surface area (Å²) in [5, 5.41) is 0. The van der Waals surface area contributed by atoms with Crippen LogP contribution in [0.5, 0.6) is 11.5 Å². The molecule has 0 saturated carbocycles. The van der Waals surface area contributed by atoms with E-state index in [9.17, 15) is 0 Å². The molecule has 3 heterocycles. The van der Waals surface area contributed by atoms with Crippen molar-refractivity contribution in [2.75, 3.05) is 4.90 Å². The van der Waals surface area contributed by atoms with Gasteiger partial charge in [-0.15, -0.1) is 35.9 Å². The summed E-state index contributed by atoms with van der Waals surface area (Å²) in [5.41, 5.74) is 7.57. The van der Waals surface area contributed by atoms with E-state index in [2.05, 4.69) is 90.5 Å². The molecule has 8 rings (SSSR count). The Morgan fingerprint density at radius 3 is 2.52 bits per heavy atom. The van der Waals surface area contributed by atoms with E-state index in [1.807, 2.05) is 48.7 Å². The SMILES string of the molecule is CC1(C)c2ccc(Oc3[c-]c(C4=N[C@H]5c6ccccc6C[C@H]5O4)ccc3)[c-]c2N(c2ccccn2)c2ccccc21.[Pt+2]. The van der Waals surface area contributed by atoms with Crippen molar-refractivity contribution in [1.82, 2.24) is 4.98 Å². The number of aromatic nitrogens is 1. The fraction of sp³-hybridized carbons (Fsp3) is 0.167. The van der Waals surface area contributed by atoms with Gasteiger partial charge in [0.25, 0.3) is 0 Å². The fourth-order valence-electron chi connectivity index (χ4n) is 6.37. The third kappa shape index (κ3) is 4.26. The van der Waals surface area contributed by atoms with Crippen LogP contribution >= 0.6 is 0 Å². The molecular weight excluding hydrogens is 701 g/mol. The predicted molar refractivity (Wildman–Crippen MR) is 160 cm³/mol. The van der Waals surface area contributed by atoms with Crippen LogP contribution in [-0.2, 0) is 37.6 Å². The van der Waals surface area contributed by atoms with E-state index in [0.717, 1.165) is 34.7 Å². The molecule has 0 fully saturated rings. The molecule has 3 aliphatic rings.